The second-order valence-corrected chi connectivity index (χ2v) is 10.4. The number of carbonyl (C=O) groups is 1. The van der Waals surface area contributed by atoms with Crippen molar-refractivity contribution < 1.29 is 13.2 Å². The molecule has 3 fully saturated rings. The van der Waals surface area contributed by atoms with Crippen molar-refractivity contribution in [2.45, 2.75) is 37.4 Å². The molecular weight excluding hydrogens is 376 g/mol. The summed E-state index contributed by atoms with van der Waals surface area (Å²) in [6, 6.07) is 3.50. The molecule has 0 spiro atoms. The summed E-state index contributed by atoms with van der Waals surface area (Å²) in [5.74, 6) is 1.81. The maximum atomic E-state index is 12.7. The number of hydrogen-bond donors (Lipinski definition) is 2. The number of carbonyl (C=O) groups excluding carboxylic acids is 1. The zero-order valence-corrected chi connectivity index (χ0v) is 16.8. The Hall–Kier alpha value is -1.93. The number of pyridine rings is 1. The van der Waals surface area contributed by atoms with Crippen molar-refractivity contribution >= 4 is 27.8 Å². The summed E-state index contributed by atoms with van der Waals surface area (Å²) < 4.78 is 27.1. The highest BCUT2D eigenvalue weighted by Crippen LogP contribution is 2.54. The first-order valence-corrected chi connectivity index (χ1v) is 11.6. The molecule has 0 radical (unpaired) electrons. The topological polar surface area (TPSA) is 105 Å². The summed E-state index contributed by atoms with van der Waals surface area (Å²) >= 11 is 0. The van der Waals surface area contributed by atoms with Gasteiger partial charge >= 0.3 is 0 Å². The van der Waals surface area contributed by atoms with Crippen molar-refractivity contribution in [2.24, 2.45) is 17.8 Å². The SMILES string of the molecule is Nc1ccc(/C=C/C(=O)NCCC2[C@H]3CN(S(=O)(=O)C4CCCC4)C[C@@H]23)cn1. The monoisotopic (exact) mass is 404 g/mol. The fourth-order valence-corrected chi connectivity index (χ4v) is 6.86. The van der Waals surface area contributed by atoms with E-state index in [1.165, 1.54) is 6.08 Å². The van der Waals surface area contributed by atoms with E-state index >= 15 is 0 Å². The van der Waals surface area contributed by atoms with Crippen molar-refractivity contribution in [2.75, 3.05) is 25.4 Å². The molecule has 2 heterocycles. The molecular formula is C20H28N4O3S. The fraction of sp³-hybridized carbons (Fsp3) is 0.600. The third-order valence-corrected chi connectivity index (χ3v) is 8.77. The molecule has 8 heteroatoms. The number of hydrogen-bond acceptors (Lipinski definition) is 5. The predicted octanol–water partition coefficient (Wildman–Crippen LogP) is 1.63. The zero-order chi connectivity index (χ0) is 19.7. The van der Waals surface area contributed by atoms with E-state index in [1.807, 2.05) is 6.07 Å². The number of anilines is 1. The van der Waals surface area contributed by atoms with Gasteiger partial charge in [0, 0.05) is 31.9 Å². The summed E-state index contributed by atoms with van der Waals surface area (Å²) in [4.78, 5) is 15.9. The molecule has 3 aliphatic rings. The number of nitrogens with zero attached hydrogens (tertiary/aromatic N) is 2. The van der Waals surface area contributed by atoms with Crippen LogP contribution in [-0.4, -0.2) is 48.5 Å². The van der Waals surface area contributed by atoms with Gasteiger partial charge in [-0.2, -0.15) is 0 Å². The molecule has 4 rings (SSSR count). The van der Waals surface area contributed by atoms with E-state index in [-0.39, 0.29) is 11.2 Å². The van der Waals surface area contributed by atoms with Gasteiger partial charge in [-0.1, -0.05) is 12.8 Å². The molecule has 0 aromatic carbocycles. The molecule has 7 nitrogen and oxygen atoms in total. The lowest BCUT2D eigenvalue weighted by molar-refractivity contribution is -0.116. The van der Waals surface area contributed by atoms with Gasteiger partial charge in [-0.3, -0.25) is 4.79 Å². The predicted molar refractivity (Wildman–Crippen MR) is 109 cm³/mol. The van der Waals surface area contributed by atoms with Crippen LogP contribution in [0.2, 0.25) is 0 Å². The third kappa shape index (κ3) is 4.07. The minimum atomic E-state index is -3.09. The molecule has 2 aliphatic carbocycles. The third-order valence-electron chi connectivity index (χ3n) is 6.43. The van der Waals surface area contributed by atoms with Crippen LogP contribution >= 0.6 is 0 Å². The number of nitrogens with one attached hydrogen (secondary N) is 1. The van der Waals surface area contributed by atoms with Gasteiger partial charge in [0.2, 0.25) is 15.9 Å². The Bertz CT molecular complexity index is 835. The van der Waals surface area contributed by atoms with Gasteiger partial charge in [0.25, 0.3) is 0 Å². The van der Waals surface area contributed by atoms with E-state index in [4.69, 9.17) is 5.73 Å². The molecule has 1 aromatic heterocycles. The van der Waals surface area contributed by atoms with E-state index in [9.17, 15) is 13.2 Å². The van der Waals surface area contributed by atoms with Gasteiger partial charge in [-0.15, -0.1) is 0 Å². The minimum Gasteiger partial charge on any atom is -0.384 e. The van der Waals surface area contributed by atoms with Crippen molar-refractivity contribution in [1.29, 1.82) is 0 Å². The summed E-state index contributed by atoms with van der Waals surface area (Å²) in [5.41, 5.74) is 6.36. The van der Waals surface area contributed by atoms with Gasteiger partial charge in [-0.25, -0.2) is 17.7 Å². The average Bonchev–Trinajstić information content (AvgIpc) is 3.11. The van der Waals surface area contributed by atoms with Crippen LogP contribution in [0.4, 0.5) is 5.82 Å². The molecule has 152 valence electrons. The van der Waals surface area contributed by atoms with Crippen molar-refractivity contribution in [3.63, 3.8) is 0 Å². The summed E-state index contributed by atoms with van der Waals surface area (Å²) in [5, 5.41) is 2.76. The summed E-state index contributed by atoms with van der Waals surface area (Å²) in [7, 11) is -3.09. The lowest BCUT2D eigenvalue weighted by atomic mass is 10.2. The second kappa shape index (κ2) is 7.83. The Labute approximate surface area is 166 Å². The highest BCUT2D eigenvalue weighted by Gasteiger charge is 2.57. The molecule has 1 aliphatic heterocycles. The van der Waals surface area contributed by atoms with Gasteiger partial charge in [0.1, 0.15) is 5.82 Å². The quantitative estimate of drug-likeness (QED) is 0.672. The van der Waals surface area contributed by atoms with E-state index in [0.717, 1.165) is 37.7 Å². The summed E-state index contributed by atoms with van der Waals surface area (Å²) in [6.45, 7) is 1.97. The number of sulfonamides is 1. The van der Waals surface area contributed by atoms with Crippen LogP contribution in [0.5, 0.6) is 0 Å². The standard InChI is InChI=1S/C20H28N4O3S/c21-19-7-5-14(11-23-19)6-8-20(25)22-10-9-16-17-12-24(13-18(16)17)28(26,27)15-3-1-2-4-15/h5-8,11,15-18H,1-4,9-10,12-13H2,(H2,21,23)(H,22,25)/b8-6+/t16?,17-,18+. The lowest BCUT2D eigenvalue weighted by Gasteiger charge is -2.23. The minimum absolute atomic E-state index is 0.131. The molecule has 3 N–H and O–H groups in total. The maximum Gasteiger partial charge on any atom is 0.244 e. The van der Waals surface area contributed by atoms with Crippen LogP contribution in [0.3, 0.4) is 0 Å². The van der Waals surface area contributed by atoms with Crippen LogP contribution < -0.4 is 11.1 Å². The molecule has 3 atom stereocenters. The van der Waals surface area contributed by atoms with E-state index in [2.05, 4.69) is 10.3 Å². The molecule has 28 heavy (non-hydrogen) atoms. The Morgan fingerprint density at radius 2 is 1.96 bits per heavy atom. The number of nitrogens with two attached hydrogens (primary N) is 1. The summed E-state index contributed by atoms with van der Waals surface area (Å²) in [6.07, 6.45) is 9.46. The number of piperidine rings is 1. The van der Waals surface area contributed by atoms with E-state index < -0.39 is 10.0 Å². The Kier molecular flexibility index (Phi) is 5.42. The van der Waals surface area contributed by atoms with Crippen molar-refractivity contribution in [3.8, 4) is 0 Å². The normalized spacial score (nSPS) is 27.9. The number of nitrogen functional groups attached to an aromatic ring is 1. The Balaban J connectivity index is 1.17. The van der Waals surface area contributed by atoms with Crippen LogP contribution in [0, 0.1) is 17.8 Å². The smallest absolute Gasteiger partial charge is 0.244 e. The molecule has 1 saturated heterocycles. The largest absolute Gasteiger partial charge is 0.384 e. The maximum absolute atomic E-state index is 12.7. The first kappa shape index (κ1) is 19.4. The highest BCUT2D eigenvalue weighted by atomic mass is 32.2. The average molecular weight is 405 g/mol. The van der Waals surface area contributed by atoms with E-state index in [1.54, 1.807) is 22.6 Å². The molecule has 1 amide bonds. The lowest BCUT2D eigenvalue weighted by Crippen LogP contribution is -2.38. The van der Waals surface area contributed by atoms with Crippen LogP contribution in [0.25, 0.3) is 6.08 Å². The van der Waals surface area contributed by atoms with E-state index in [0.29, 0.717) is 43.2 Å². The molecule has 2 saturated carbocycles. The first-order chi connectivity index (χ1) is 13.4. The molecule has 1 aromatic rings. The van der Waals surface area contributed by atoms with Crippen molar-refractivity contribution in [1.82, 2.24) is 14.6 Å². The Morgan fingerprint density at radius 3 is 2.61 bits per heavy atom. The molecule has 0 bridgehead atoms. The highest BCUT2D eigenvalue weighted by molar-refractivity contribution is 7.89. The number of aromatic nitrogens is 1. The zero-order valence-electron chi connectivity index (χ0n) is 16.0. The van der Waals surface area contributed by atoms with Crippen LogP contribution in [0.15, 0.2) is 24.4 Å². The second-order valence-electron chi connectivity index (χ2n) is 8.19. The number of amides is 1. The fourth-order valence-electron chi connectivity index (χ4n) is 4.75. The van der Waals surface area contributed by atoms with Crippen LogP contribution in [-0.2, 0) is 14.8 Å². The van der Waals surface area contributed by atoms with Gasteiger partial charge in [0.05, 0.1) is 5.25 Å². The number of rotatable bonds is 7. The first-order valence-electron chi connectivity index (χ1n) is 10.1. The van der Waals surface area contributed by atoms with Gasteiger partial charge in [-0.05, 0) is 60.8 Å². The van der Waals surface area contributed by atoms with Crippen molar-refractivity contribution in [3.05, 3.63) is 30.0 Å². The van der Waals surface area contributed by atoms with Gasteiger partial charge in [0.15, 0.2) is 0 Å². The van der Waals surface area contributed by atoms with Crippen LogP contribution in [0.1, 0.15) is 37.7 Å². The molecule has 1 unspecified atom stereocenters. The number of fused-ring (bicyclic) bond motifs is 1. The Morgan fingerprint density at radius 1 is 1.25 bits per heavy atom. The van der Waals surface area contributed by atoms with Gasteiger partial charge < -0.3 is 11.1 Å².